The van der Waals surface area contributed by atoms with E-state index in [2.05, 4.69) is 0 Å². The molecular formula is C27H30O15. The summed E-state index contributed by atoms with van der Waals surface area (Å²) < 4.78 is 22.6. The number of aliphatic hydroxyl groups excluding tert-OH is 8. The smallest absolute Gasteiger partial charge is 0.229 e. The highest BCUT2D eigenvalue weighted by Gasteiger charge is 2.48. The van der Waals surface area contributed by atoms with Gasteiger partial charge in [-0.3, -0.25) is 4.79 Å². The molecule has 2 aliphatic rings. The first-order chi connectivity index (χ1) is 20.0. The summed E-state index contributed by atoms with van der Waals surface area (Å²) in [7, 11) is 0. The Morgan fingerprint density at radius 2 is 1.33 bits per heavy atom. The molecule has 10 N–H and O–H groups in total. The molecule has 2 aromatic carbocycles. The molecule has 15 heteroatoms. The van der Waals surface area contributed by atoms with Crippen LogP contribution in [-0.4, -0.2) is 119 Å². The van der Waals surface area contributed by atoms with Crippen molar-refractivity contribution in [2.24, 2.45) is 0 Å². The molecule has 0 radical (unpaired) electrons. The summed E-state index contributed by atoms with van der Waals surface area (Å²) in [5.41, 5.74) is -1.13. The van der Waals surface area contributed by atoms with Crippen LogP contribution < -0.4 is 10.2 Å². The van der Waals surface area contributed by atoms with Crippen LogP contribution in [0.1, 0.15) is 11.7 Å². The molecule has 0 spiro atoms. The monoisotopic (exact) mass is 594 g/mol. The summed E-state index contributed by atoms with van der Waals surface area (Å²) in [6, 6.07) is 7.78. The van der Waals surface area contributed by atoms with Crippen molar-refractivity contribution in [3.63, 3.8) is 0 Å². The van der Waals surface area contributed by atoms with Crippen LogP contribution in [-0.2, 0) is 9.47 Å². The van der Waals surface area contributed by atoms with E-state index >= 15 is 0 Å². The fourth-order valence-electron chi connectivity index (χ4n) is 5.07. The lowest BCUT2D eigenvalue weighted by Crippen LogP contribution is -2.60. The first-order valence-corrected chi connectivity index (χ1v) is 12.9. The Morgan fingerprint density at radius 3 is 1.95 bits per heavy atom. The van der Waals surface area contributed by atoms with Gasteiger partial charge in [0.1, 0.15) is 88.9 Å². The van der Waals surface area contributed by atoms with E-state index in [4.69, 9.17) is 18.6 Å². The van der Waals surface area contributed by atoms with Crippen LogP contribution in [0, 0.1) is 0 Å². The highest BCUT2D eigenvalue weighted by Crippen LogP contribution is 2.46. The molecule has 15 nitrogen and oxygen atoms in total. The first kappa shape index (κ1) is 30.1. The van der Waals surface area contributed by atoms with Crippen LogP contribution in [0.4, 0.5) is 0 Å². The predicted molar refractivity (Wildman–Crippen MR) is 138 cm³/mol. The summed E-state index contributed by atoms with van der Waals surface area (Å²) >= 11 is 0. The van der Waals surface area contributed by atoms with Gasteiger partial charge in [0.15, 0.2) is 5.43 Å². The average molecular weight is 595 g/mol. The number of aromatic hydroxyl groups is 2. The molecule has 228 valence electrons. The van der Waals surface area contributed by atoms with E-state index in [0.717, 1.165) is 12.1 Å². The van der Waals surface area contributed by atoms with Gasteiger partial charge in [-0.2, -0.15) is 0 Å². The fourth-order valence-corrected chi connectivity index (χ4v) is 5.07. The number of hydrogen-bond donors (Lipinski definition) is 10. The molecule has 0 bridgehead atoms. The summed E-state index contributed by atoms with van der Waals surface area (Å²) in [6.45, 7) is -1.59. The summed E-state index contributed by atoms with van der Waals surface area (Å²) in [6.07, 6.45) is -17.4. The average Bonchev–Trinajstić information content (AvgIpc) is 2.97. The highest BCUT2D eigenvalue weighted by molar-refractivity contribution is 5.88. The van der Waals surface area contributed by atoms with Crippen LogP contribution >= 0.6 is 0 Å². The summed E-state index contributed by atoms with van der Waals surface area (Å²) in [5, 5.41) is 102. The van der Waals surface area contributed by atoms with Gasteiger partial charge >= 0.3 is 0 Å². The quantitative estimate of drug-likeness (QED) is 0.142. The molecule has 3 heterocycles. The molecule has 1 aromatic heterocycles. The van der Waals surface area contributed by atoms with E-state index in [0.29, 0.717) is 5.56 Å². The molecular weight excluding hydrogens is 564 g/mol. The highest BCUT2D eigenvalue weighted by atomic mass is 16.7. The molecule has 0 amide bonds. The lowest BCUT2D eigenvalue weighted by molar-refractivity contribution is -0.278. The zero-order chi connectivity index (χ0) is 30.5. The van der Waals surface area contributed by atoms with Crippen LogP contribution in [0.15, 0.2) is 45.6 Å². The molecule has 3 aromatic rings. The van der Waals surface area contributed by atoms with Gasteiger partial charge < -0.3 is 69.7 Å². The van der Waals surface area contributed by atoms with E-state index in [1.807, 2.05) is 0 Å². The molecule has 0 aliphatic carbocycles. The molecule has 0 unspecified atom stereocenters. The molecule has 0 saturated carbocycles. The lowest BCUT2D eigenvalue weighted by atomic mass is 9.89. The van der Waals surface area contributed by atoms with Gasteiger partial charge in [-0.05, 0) is 24.3 Å². The molecule has 10 atom stereocenters. The third-order valence-corrected chi connectivity index (χ3v) is 7.41. The van der Waals surface area contributed by atoms with Crippen LogP contribution in [0.3, 0.4) is 0 Å². The zero-order valence-corrected chi connectivity index (χ0v) is 21.7. The molecule has 2 saturated heterocycles. The number of hydrogen-bond acceptors (Lipinski definition) is 15. The number of aliphatic hydroxyl groups is 8. The summed E-state index contributed by atoms with van der Waals surface area (Å²) in [4.78, 5) is 13.2. The van der Waals surface area contributed by atoms with Crippen molar-refractivity contribution in [1.29, 1.82) is 0 Å². The van der Waals surface area contributed by atoms with E-state index in [9.17, 15) is 55.9 Å². The number of phenols is 2. The number of fused-ring (bicyclic) bond motifs is 1. The van der Waals surface area contributed by atoms with E-state index < -0.39 is 102 Å². The Kier molecular flexibility index (Phi) is 8.41. The molecule has 42 heavy (non-hydrogen) atoms. The normalized spacial score (nSPS) is 33.5. The van der Waals surface area contributed by atoms with Gasteiger partial charge in [0, 0.05) is 17.7 Å². The Hall–Kier alpha value is -3.35. The predicted octanol–water partition coefficient (Wildman–Crippen LogP) is -2.44. The maximum atomic E-state index is 13.2. The van der Waals surface area contributed by atoms with Gasteiger partial charge in [0.2, 0.25) is 6.29 Å². The second kappa shape index (κ2) is 11.7. The van der Waals surface area contributed by atoms with Gasteiger partial charge in [-0.15, -0.1) is 0 Å². The van der Waals surface area contributed by atoms with Crippen molar-refractivity contribution < 1.29 is 69.7 Å². The maximum absolute atomic E-state index is 13.2. The summed E-state index contributed by atoms with van der Waals surface area (Å²) in [5.74, 6) is -1.33. The van der Waals surface area contributed by atoms with Gasteiger partial charge in [0.25, 0.3) is 0 Å². The second-order valence-corrected chi connectivity index (χ2v) is 10.1. The minimum absolute atomic E-state index is 0.0197. The second-order valence-electron chi connectivity index (χ2n) is 10.1. The van der Waals surface area contributed by atoms with E-state index in [1.165, 1.54) is 24.3 Å². The number of benzene rings is 2. The largest absolute Gasteiger partial charge is 0.508 e. The van der Waals surface area contributed by atoms with Gasteiger partial charge in [-0.25, -0.2) is 0 Å². The zero-order valence-electron chi connectivity index (χ0n) is 21.7. The maximum Gasteiger partial charge on any atom is 0.229 e. The first-order valence-electron chi connectivity index (χ1n) is 12.9. The lowest BCUT2D eigenvalue weighted by Gasteiger charge is -2.42. The van der Waals surface area contributed by atoms with Gasteiger partial charge in [0.05, 0.1) is 18.8 Å². The van der Waals surface area contributed by atoms with E-state index in [-0.39, 0.29) is 17.1 Å². The van der Waals surface area contributed by atoms with Crippen molar-refractivity contribution in [2.75, 3.05) is 13.2 Å². The number of ether oxygens (including phenoxy) is 3. The third-order valence-electron chi connectivity index (χ3n) is 7.41. The minimum Gasteiger partial charge on any atom is -0.508 e. The Bertz CT molecular complexity index is 1470. The van der Waals surface area contributed by atoms with Crippen LogP contribution in [0.5, 0.6) is 17.2 Å². The van der Waals surface area contributed by atoms with Crippen LogP contribution in [0.25, 0.3) is 22.3 Å². The molecule has 5 rings (SSSR count). The Balaban J connectivity index is 1.68. The topological polar surface area (TPSA) is 260 Å². The standard InChI is InChI=1S/C27H30O15/c28-7-15-19(32)22(35)24(37)26(40-15)18-14(41-27-25(38)23(36)20(33)16(8-29)42-27)6-13-17(21(18)34)11(31)5-12(39-13)9-1-3-10(30)4-2-9/h1-6,15-16,19-20,22-30,32-38H,7-8H2/t15-,16-,19+,20+,22-,23-,24-,25-,26-,27-/m1/s1. The van der Waals surface area contributed by atoms with Gasteiger partial charge in [-0.1, -0.05) is 0 Å². The van der Waals surface area contributed by atoms with Crippen molar-refractivity contribution in [2.45, 2.75) is 61.2 Å². The molecule has 2 fully saturated rings. The van der Waals surface area contributed by atoms with Crippen molar-refractivity contribution in [3.05, 3.63) is 52.2 Å². The number of rotatable bonds is 6. The number of phenolic OH excluding ortho intramolecular Hbond substituents is 2. The third kappa shape index (κ3) is 5.20. The fraction of sp³-hybridized carbons (Fsp3) is 0.444. The van der Waals surface area contributed by atoms with Crippen molar-refractivity contribution in [3.8, 4) is 28.6 Å². The Morgan fingerprint density at radius 1 is 0.738 bits per heavy atom. The molecule has 2 aliphatic heterocycles. The van der Waals surface area contributed by atoms with Crippen molar-refractivity contribution in [1.82, 2.24) is 0 Å². The van der Waals surface area contributed by atoms with Crippen molar-refractivity contribution >= 4 is 11.0 Å². The Labute approximate surface area is 236 Å². The van der Waals surface area contributed by atoms with Crippen LogP contribution in [0.2, 0.25) is 0 Å². The minimum atomic E-state index is -1.94. The SMILES string of the molecule is O=c1cc(-c2ccc(O)cc2)oc2cc(O[C@@H]3O[C@H](CO)[C@H](O)[C@@H](O)[C@H]3O)c([C@H]3O[C@H](CO)[C@H](O)[C@@H](O)[C@H]3O)c(O)c12. The van der Waals surface area contributed by atoms with E-state index in [1.54, 1.807) is 0 Å².